The number of phenols is 1. The number of aryl methyl sites for hydroxylation is 2. The molecule has 0 aromatic heterocycles. The fourth-order valence-corrected chi connectivity index (χ4v) is 4.28. The summed E-state index contributed by atoms with van der Waals surface area (Å²) in [5.41, 5.74) is 5.46. The van der Waals surface area contributed by atoms with E-state index in [0.717, 1.165) is 4.90 Å². The number of carbonyl (C=O) groups is 1. The normalized spacial score (nSPS) is 12.9. The smallest absolute Gasteiger partial charge is 0.254 e. The van der Waals surface area contributed by atoms with E-state index in [1.165, 1.54) is 34.0 Å². The standard InChI is InChI=1S/C23H21NO2S/c1-15-7-9-20(11-16(15)2)27-22-12-17(8-10-21(22)25)23(26)24-13-18-5-3-4-6-19(18)14-24/h3-12,25H,13-14H2,1-2H3. The minimum Gasteiger partial charge on any atom is -0.507 e. The number of hydrogen-bond donors (Lipinski definition) is 1. The third-order valence-corrected chi connectivity index (χ3v) is 6.08. The molecular weight excluding hydrogens is 354 g/mol. The first-order valence-electron chi connectivity index (χ1n) is 8.95. The average Bonchev–Trinajstić information content (AvgIpc) is 3.10. The summed E-state index contributed by atoms with van der Waals surface area (Å²) in [6.07, 6.45) is 0. The maximum atomic E-state index is 13.0. The quantitative estimate of drug-likeness (QED) is 0.674. The second-order valence-corrected chi connectivity index (χ2v) is 8.08. The van der Waals surface area contributed by atoms with Crippen molar-refractivity contribution in [3.8, 4) is 5.75 Å². The lowest BCUT2D eigenvalue weighted by Gasteiger charge is -2.16. The van der Waals surface area contributed by atoms with Crippen molar-refractivity contribution in [3.05, 3.63) is 88.5 Å². The Morgan fingerprint density at radius 1 is 0.926 bits per heavy atom. The van der Waals surface area contributed by atoms with Crippen LogP contribution in [0.2, 0.25) is 0 Å². The molecule has 27 heavy (non-hydrogen) atoms. The summed E-state index contributed by atoms with van der Waals surface area (Å²) in [6.45, 7) is 5.42. The van der Waals surface area contributed by atoms with E-state index in [4.69, 9.17) is 0 Å². The molecule has 4 rings (SSSR count). The number of aromatic hydroxyl groups is 1. The Kier molecular flexibility index (Phi) is 4.66. The zero-order valence-corrected chi connectivity index (χ0v) is 16.2. The Bertz CT molecular complexity index is 1000. The molecule has 0 fully saturated rings. The highest BCUT2D eigenvalue weighted by Crippen LogP contribution is 2.36. The molecule has 1 amide bonds. The molecular formula is C23H21NO2S. The summed E-state index contributed by atoms with van der Waals surface area (Å²) in [5.74, 6) is 0.188. The molecule has 0 radical (unpaired) electrons. The van der Waals surface area contributed by atoms with Gasteiger partial charge in [0.2, 0.25) is 0 Å². The van der Waals surface area contributed by atoms with Crippen LogP contribution < -0.4 is 0 Å². The highest BCUT2D eigenvalue weighted by molar-refractivity contribution is 7.99. The molecule has 136 valence electrons. The fourth-order valence-electron chi connectivity index (χ4n) is 3.29. The number of hydrogen-bond acceptors (Lipinski definition) is 3. The molecule has 0 bridgehead atoms. The lowest BCUT2D eigenvalue weighted by Crippen LogP contribution is -2.25. The molecule has 0 spiro atoms. The van der Waals surface area contributed by atoms with Crippen LogP contribution in [-0.2, 0) is 13.1 Å². The number of rotatable bonds is 3. The Morgan fingerprint density at radius 2 is 1.63 bits per heavy atom. The van der Waals surface area contributed by atoms with E-state index in [0.29, 0.717) is 23.5 Å². The van der Waals surface area contributed by atoms with Gasteiger partial charge in [-0.2, -0.15) is 0 Å². The maximum absolute atomic E-state index is 13.0. The Hall–Kier alpha value is -2.72. The van der Waals surface area contributed by atoms with Crippen LogP contribution >= 0.6 is 11.8 Å². The van der Waals surface area contributed by atoms with Gasteiger partial charge >= 0.3 is 0 Å². The average molecular weight is 375 g/mol. The van der Waals surface area contributed by atoms with E-state index < -0.39 is 0 Å². The van der Waals surface area contributed by atoms with Crippen LogP contribution in [0.1, 0.15) is 32.6 Å². The van der Waals surface area contributed by atoms with Gasteiger partial charge in [-0.25, -0.2) is 0 Å². The Balaban J connectivity index is 1.57. The molecule has 3 aromatic rings. The van der Waals surface area contributed by atoms with Crippen molar-refractivity contribution in [1.29, 1.82) is 0 Å². The monoisotopic (exact) mass is 375 g/mol. The largest absolute Gasteiger partial charge is 0.507 e. The number of amides is 1. The SMILES string of the molecule is Cc1ccc(Sc2cc(C(=O)N3Cc4ccccc4C3)ccc2O)cc1C. The summed E-state index contributed by atoms with van der Waals surface area (Å²) in [4.78, 5) is 16.6. The Morgan fingerprint density at radius 3 is 2.30 bits per heavy atom. The van der Waals surface area contributed by atoms with Gasteiger partial charge in [0.15, 0.2) is 0 Å². The first-order valence-corrected chi connectivity index (χ1v) is 9.77. The Labute approximate surface area is 163 Å². The zero-order valence-electron chi connectivity index (χ0n) is 15.4. The van der Waals surface area contributed by atoms with Crippen LogP contribution in [0.4, 0.5) is 0 Å². The van der Waals surface area contributed by atoms with Crippen LogP contribution in [0, 0.1) is 13.8 Å². The van der Waals surface area contributed by atoms with E-state index in [-0.39, 0.29) is 11.7 Å². The zero-order chi connectivity index (χ0) is 19.0. The molecule has 0 unspecified atom stereocenters. The van der Waals surface area contributed by atoms with Crippen molar-refractivity contribution in [3.63, 3.8) is 0 Å². The third kappa shape index (κ3) is 3.58. The fraction of sp³-hybridized carbons (Fsp3) is 0.174. The van der Waals surface area contributed by atoms with E-state index >= 15 is 0 Å². The van der Waals surface area contributed by atoms with Crippen LogP contribution in [0.5, 0.6) is 5.75 Å². The molecule has 3 nitrogen and oxygen atoms in total. The molecule has 1 aliphatic rings. The van der Waals surface area contributed by atoms with Crippen LogP contribution in [0.15, 0.2) is 70.5 Å². The van der Waals surface area contributed by atoms with Crippen molar-refractivity contribution in [2.75, 3.05) is 0 Å². The number of benzene rings is 3. The maximum Gasteiger partial charge on any atom is 0.254 e. The van der Waals surface area contributed by atoms with Crippen LogP contribution in [0.3, 0.4) is 0 Å². The number of nitrogens with zero attached hydrogens (tertiary/aromatic N) is 1. The highest BCUT2D eigenvalue weighted by Gasteiger charge is 2.24. The lowest BCUT2D eigenvalue weighted by atomic mass is 10.1. The summed E-state index contributed by atoms with van der Waals surface area (Å²) in [7, 11) is 0. The van der Waals surface area contributed by atoms with E-state index in [2.05, 4.69) is 38.1 Å². The molecule has 4 heteroatoms. The molecule has 0 saturated heterocycles. The molecule has 1 heterocycles. The van der Waals surface area contributed by atoms with Gasteiger partial charge in [-0.15, -0.1) is 0 Å². The second-order valence-electron chi connectivity index (χ2n) is 6.96. The van der Waals surface area contributed by atoms with Crippen molar-refractivity contribution in [2.45, 2.75) is 36.7 Å². The molecule has 1 N–H and O–H groups in total. The predicted octanol–water partition coefficient (Wildman–Crippen LogP) is 5.32. The first-order chi connectivity index (χ1) is 13.0. The van der Waals surface area contributed by atoms with Gasteiger partial charge < -0.3 is 10.0 Å². The highest BCUT2D eigenvalue weighted by atomic mass is 32.2. The van der Waals surface area contributed by atoms with E-state index in [9.17, 15) is 9.90 Å². The van der Waals surface area contributed by atoms with Crippen molar-refractivity contribution in [1.82, 2.24) is 4.90 Å². The van der Waals surface area contributed by atoms with Gasteiger partial charge in [-0.05, 0) is 66.4 Å². The van der Waals surface area contributed by atoms with Gasteiger partial charge in [-0.1, -0.05) is 42.1 Å². The number of carbonyl (C=O) groups excluding carboxylic acids is 1. The summed E-state index contributed by atoms with van der Waals surface area (Å²) < 4.78 is 0. The first kappa shape index (κ1) is 17.7. The van der Waals surface area contributed by atoms with Gasteiger partial charge in [0.1, 0.15) is 5.75 Å². The summed E-state index contributed by atoms with van der Waals surface area (Å²) in [6, 6.07) is 19.5. The van der Waals surface area contributed by atoms with Crippen molar-refractivity contribution >= 4 is 17.7 Å². The van der Waals surface area contributed by atoms with Gasteiger partial charge in [0, 0.05) is 23.5 Å². The molecule has 1 aliphatic heterocycles. The van der Waals surface area contributed by atoms with Gasteiger partial charge in [0.25, 0.3) is 5.91 Å². The van der Waals surface area contributed by atoms with Gasteiger partial charge in [0.05, 0.1) is 4.90 Å². The minimum atomic E-state index is -0.00635. The minimum absolute atomic E-state index is 0.00635. The van der Waals surface area contributed by atoms with Crippen molar-refractivity contribution < 1.29 is 9.90 Å². The third-order valence-electron chi connectivity index (χ3n) is 5.04. The topological polar surface area (TPSA) is 40.5 Å². The van der Waals surface area contributed by atoms with Crippen molar-refractivity contribution in [2.24, 2.45) is 0 Å². The van der Waals surface area contributed by atoms with E-state index in [1.807, 2.05) is 23.1 Å². The van der Waals surface area contributed by atoms with Crippen LogP contribution in [0.25, 0.3) is 0 Å². The number of fused-ring (bicyclic) bond motifs is 1. The summed E-state index contributed by atoms with van der Waals surface area (Å²) >= 11 is 1.48. The molecule has 3 aromatic carbocycles. The number of phenolic OH excluding ortho intramolecular Hbond substituents is 1. The summed E-state index contributed by atoms with van der Waals surface area (Å²) in [5, 5.41) is 10.3. The van der Waals surface area contributed by atoms with Gasteiger partial charge in [-0.3, -0.25) is 4.79 Å². The second kappa shape index (κ2) is 7.12. The van der Waals surface area contributed by atoms with Crippen LogP contribution in [-0.4, -0.2) is 15.9 Å². The lowest BCUT2D eigenvalue weighted by molar-refractivity contribution is 0.0751. The molecule has 0 aliphatic carbocycles. The molecule has 0 atom stereocenters. The van der Waals surface area contributed by atoms with E-state index in [1.54, 1.807) is 18.2 Å². The predicted molar refractivity (Wildman–Crippen MR) is 108 cm³/mol. The molecule has 0 saturated carbocycles.